The van der Waals surface area contributed by atoms with Crippen molar-refractivity contribution in [1.29, 1.82) is 0 Å². The summed E-state index contributed by atoms with van der Waals surface area (Å²) < 4.78 is 17.1. The topological polar surface area (TPSA) is 75.6 Å². The van der Waals surface area contributed by atoms with E-state index in [1.807, 2.05) is 60.7 Å². The van der Waals surface area contributed by atoms with Crippen molar-refractivity contribution in [2.75, 3.05) is 12.7 Å². The molecule has 2 N–H and O–H groups in total. The second-order valence-corrected chi connectivity index (χ2v) is 7.66. The molecular weight excluding hydrogens is 313 g/mol. The summed E-state index contributed by atoms with van der Waals surface area (Å²) in [4.78, 5) is 21.5. The summed E-state index contributed by atoms with van der Waals surface area (Å²) in [6.07, 6.45) is -0.467. The molecule has 1 unspecified atom stereocenters. The summed E-state index contributed by atoms with van der Waals surface area (Å²) in [5.41, 5.74) is 1.70. The van der Waals surface area contributed by atoms with E-state index in [2.05, 4.69) is 5.32 Å². The number of hydrogen-bond donors (Lipinski definition) is 2. The second kappa shape index (κ2) is 8.51. The summed E-state index contributed by atoms with van der Waals surface area (Å²) in [6.45, 7) is 0.279. The highest BCUT2D eigenvalue weighted by Gasteiger charge is 2.18. The molecule has 0 radical (unpaired) electrons. The fraction of sp³-hybridized carbons (Fsp3) is 0.235. The van der Waals surface area contributed by atoms with Crippen molar-refractivity contribution < 1.29 is 19.0 Å². The first-order chi connectivity index (χ1) is 11.1. The van der Waals surface area contributed by atoms with E-state index in [0.717, 1.165) is 11.1 Å². The van der Waals surface area contributed by atoms with Crippen molar-refractivity contribution in [2.24, 2.45) is 0 Å². The Morgan fingerprint density at radius 3 is 2.17 bits per heavy atom. The first-order valence-corrected chi connectivity index (χ1v) is 9.37. The monoisotopic (exact) mass is 333 g/mol. The molecule has 23 heavy (non-hydrogen) atoms. The quantitative estimate of drug-likeness (QED) is 0.762. The lowest BCUT2D eigenvalue weighted by atomic mass is 10.2. The predicted molar refractivity (Wildman–Crippen MR) is 89.5 cm³/mol. The molecule has 1 atom stereocenters. The molecule has 0 saturated heterocycles. The lowest BCUT2D eigenvalue weighted by Crippen LogP contribution is -2.27. The Morgan fingerprint density at radius 2 is 1.57 bits per heavy atom. The van der Waals surface area contributed by atoms with E-state index in [1.165, 1.54) is 0 Å². The van der Waals surface area contributed by atoms with Crippen LogP contribution in [0, 0.1) is 0 Å². The maximum atomic E-state index is 12.1. The lowest BCUT2D eigenvalue weighted by molar-refractivity contribution is 0.140. The molecule has 0 heterocycles. The van der Waals surface area contributed by atoms with E-state index >= 15 is 0 Å². The summed E-state index contributed by atoms with van der Waals surface area (Å²) in [7, 11) is -3.32. The third-order valence-electron chi connectivity index (χ3n) is 3.22. The number of nitrogens with one attached hydrogen (secondary N) is 1. The van der Waals surface area contributed by atoms with Crippen molar-refractivity contribution in [3.8, 4) is 0 Å². The number of hydrogen-bond acceptors (Lipinski definition) is 3. The van der Waals surface area contributed by atoms with Crippen LogP contribution in [0.1, 0.15) is 11.1 Å². The Hall–Kier alpha value is -2.10. The molecule has 122 valence electrons. The van der Waals surface area contributed by atoms with Gasteiger partial charge in [0.25, 0.3) is 0 Å². The van der Waals surface area contributed by atoms with Gasteiger partial charge in [-0.1, -0.05) is 60.7 Å². The third-order valence-corrected chi connectivity index (χ3v) is 5.00. The SMILES string of the molecule is O=C(NCCP(=O)(O)Cc1ccccc1)OCc1ccccc1. The highest BCUT2D eigenvalue weighted by molar-refractivity contribution is 7.57. The van der Waals surface area contributed by atoms with E-state index in [0.29, 0.717) is 0 Å². The van der Waals surface area contributed by atoms with Gasteiger partial charge in [0, 0.05) is 18.9 Å². The van der Waals surface area contributed by atoms with Crippen LogP contribution in [-0.2, 0) is 22.1 Å². The van der Waals surface area contributed by atoms with Gasteiger partial charge in [-0.25, -0.2) is 4.79 Å². The van der Waals surface area contributed by atoms with E-state index in [1.54, 1.807) is 0 Å². The molecule has 0 aliphatic heterocycles. The van der Waals surface area contributed by atoms with Gasteiger partial charge in [0.05, 0.1) is 0 Å². The Balaban J connectivity index is 1.69. The average Bonchev–Trinajstić information content (AvgIpc) is 2.54. The van der Waals surface area contributed by atoms with Crippen LogP contribution < -0.4 is 5.32 Å². The van der Waals surface area contributed by atoms with Gasteiger partial charge in [0.15, 0.2) is 0 Å². The van der Waals surface area contributed by atoms with Crippen LogP contribution in [0.25, 0.3) is 0 Å². The molecule has 0 saturated carbocycles. The first-order valence-electron chi connectivity index (χ1n) is 7.34. The second-order valence-electron chi connectivity index (χ2n) is 5.20. The Kier molecular flexibility index (Phi) is 6.39. The molecule has 5 nitrogen and oxygen atoms in total. The molecule has 2 aromatic carbocycles. The van der Waals surface area contributed by atoms with Crippen molar-refractivity contribution in [3.63, 3.8) is 0 Å². The zero-order chi connectivity index (χ0) is 16.5. The summed E-state index contributed by atoms with van der Waals surface area (Å²) in [6, 6.07) is 18.5. The summed E-state index contributed by atoms with van der Waals surface area (Å²) in [5, 5.41) is 2.50. The maximum Gasteiger partial charge on any atom is 0.407 e. The number of carbonyl (C=O) groups is 1. The van der Waals surface area contributed by atoms with Gasteiger partial charge in [-0.05, 0) is 11.1 Å². The van der Waals surface area contributed by atoms with Crippen LogP contribution in [0.2, 0.25) is 0 Å². The van der Waals surface area contributed by atoms with Crippen LogP contribution >= 0.6 is 7.37 Å². The summed E-state index contributed by atoms with van der Waals surface area (Å²) >= 11 is 0. The fourth-order valence-corrected chi connectivity index (χ4v) is 3.46. The third kappa shape index (κ3) is 6.68. The highest BCUT2D eigenvalue weighted by atomic mass is 31.2. The highest BCUT2D eigenvalue weighted by Crippen LogP contribution is 2.43. The van der Waals surface area contributed by atoms with E-state index in [9.17, 15) is 14.3 Å². The minimum Gasteiger partial charge on any atom is -0.445 e. The zero-order valence-electron chi connectivity index (χ0n) is 12.7. The van der Waals surface area contributed by atoms with Crippen LogP contribution in [-0.4, -0.2) is 23.7 Å². The fourth-order valence-electron chi connectivity index (χ4n) is 2.05. The molecule has 0 aliphatic rings. The van der Waals surface area contributed by atoms with Crippen LogP contribution in [0.15, 0.2) is 60.7 Å². The Bertz CT molecular complexity index is 661. The van der Waals surface area contributed by atoms with Crippen LogP contribution in [0.3, 0.4) is 0 Å². The van der Waals surface area contributed by atoms with Gasteiger partial charge < -0.3 is 14.9 Å². The number of amides is 1. The average molecular weight is 333 g/mol. The van der Waals surface area contributed by atoms with Crippen molar-refractivity contribution in [1.82, 2.24) is 5.32 Å². The normalized spacial score (nSPS) is 13.1. The maximum absolute atomic E-state index is 12.1. The molecule has 2 aromatic rings. The van der Waals surface area contributed by atoms with Gasteiger partial charge in [-0.3, -0.25) is 4.57 Å². The van der Waals surface area contributed by atoms with E-state index in [-0.39, 0.29) is 25.5 Å². The van der Waals surface area contributed by atoms with Crippen molar-refractivity contribution in [3.05, 3.63) is 71.8 Å². The Labute approximate surface area is 135 Å². The van der Waals surface area contributed by atoms with E-state index < -0.39 is 13.5 Å². The Morgan fingerprint density at radius 1 is 1.00 bits per heavy atom. The number of alkyl carbamates (subject to hydrolysis) is 1. The number of rotatable bonds is 7. The van der Waals surface area contributed by atoms with Crippen molar-refractivity contribution in [2.45, 2.75) is 12.8 Å². The molecule has 2 rings (SSSR count). The summed E-state index contributed by atoms with van der Waals surface area (Å²) in [5.74, 6) is 0. The molecular formula is C17H20NO4P. The van der Waals surface area contributed by atoms with Crippen LogP contribution in [0.4, 0.5) is 4.79 Å². The number of ether oxygens (including phenoxy) is 1. The largest absolute Gasteiger partial charge is 0.445 e. The lowest BCUT2D eigenvalue weighted by Gasteiger charge is -2.12. The van der Waals surface area contributed by atoms with Gasteiger partial charge in [-0.2, -0.15) is 0 Å². The molecule has 0 spiro atoms. The number of benzene rings is 2. The molecule has 0 aromatic heterocycles. The van der Waals surface area contributed by atoms with Crippen LogP contribution in [0.5, 0.6) is 0 Å². The van der Waals surface area contributed by atoms with Gasteiger partial charge in [0.2, 0.25) is 7.37 Å². The standard InChI is InChI=1S/C17H20NO4P/c19-17(22-13-15-7-3-1-4-8-15)18-11-12-23(20,21)14-16-9-5-2-6-10-16/h1-10H,11-14H2,(H,18,19)(H,20,21). The molecule has 1 amide bonds. The smallest absolute Gasteiger partial charge is 0.407 e. The number of carbonyl (C=O) groups excluding carboxylic acids is 1. The molecule has 6 heteroatoms. The molecule has 0 bridgehead atoms. The minimum atomic E-state index is -3.32. The minimum absolute atomic E-state index is 0.0162. The van der Waals surface area contributed by atoms with Crippen molar-refractivity contribution >= 4 is 13.5 Å². The van der Waals surface area contributed by atoms with Gasteiger partial charge in [0.1, 0.15) is 6.61 Å². The zero-order valence-corrected chi connectivity index (χ0v) is 13.6. The predicted octanol–water partition coefficient (Wildman–Crippen LogP) is 3.38. The first kappa shape index (κ1) is 17.3. The van der Waals surface area contributed by atoms with Gasteiger partial charge in [-0.15, -0.1) is 0 Å². The van der Waals surface area contributed by atoms with E-state index in [4.69, 9.17) is 4.74 Å². The molecule has 0 fully saturated rings. The molecule has 0 aliphatic carbocycles. The van der Waals surface area contributed by atoms with Gasteiger partial charge >= 0.3 is 6.09 Å².